The summed E-state index contributed by atoms with van der Waals surface area (Å²) in [5.74, 6) is 0.687. The molecule has 1 nitrogen and oxygen atoms in total. The third kappa shape index (κ3) is 4.47. The van der Waals surface area contributed by atoms with E-state index in [1.807, 2.05) is 6.08 Å². The minimum atomic E-state index is 0.223. The Kier molecular flexibility index (Phi) is 6.82. The Bertz CT molecular complexity index is 316. The van der Waals surface area contributed by atoms with Crippen molar-refractivity contribution in [3.8, 4) is 0 Å². The van der Waals surface area contributed by atoms with Gasteiger partial charge >= 0.3 is 0 Å². The zero-order chi connectivity index (χ0) is 14.3. The van der Waals surface area contributed by atoms with Gasteiger partial charge in [-0.25, -0.2) is 0 Å². The molecule has 0 N–H and O–H groups in total. The highest BCUT2D eigenvalue weighted by Gasteiger charge is 2.40. The van der Waals surface area contributed by atoms with Crippen LogP contribution in [-0.2, 0) is 4.79 Å². The molecule has 1 rings (SSSR count). The molecule has 0 radical (unpaired) electrons. The van der Waals surface area contributed by atoms with Gasteiger partial charge in [0.25, 0.3) is 0 Å². The number of carbonyl (C=O) groups is 1. The lowest BCUT2D eigenvalue weighted by molar-refractivity contribution is -0.123. The van der Waals surface area contributed by atoms with E-state index in [9.17, 15) is 4.79 Å². The number of allylic oxidation sites excluding steroid dienone is 2. The van der Waals surface area contributed by atoms with Crippen molar-refractivity contribution < 1.29 is 4.79 Å². The van der Waals surface area contributed by atoms with Gasteiger partial charge in [-0.2, -0.15) is 0 Å². The molecular formula is C18H32O. The van der Waals surface area contributed by atoms with Crippen molar-refractivity contribution in [1.29, 1.82) is 0 Å². The predicted octanol–water partition coefficient (Wildman–Crippen LogP) is 5.69. The third-order valence-corrected chi connectivity index (χ3v) is 4.69. The minimum Gasteiger partial charge on any atom is -0.295 e. The lowest BCUT2D eigenvalue weighted by Gasteiger charge is -2.40. The summed E-state index contributed by atoms with van der Waals surface area (Å²) in [4.78, 5) is 12.5. The minimum absolute atomic E-state index is 0.223. The fourth-order valence-electron chi connectivity index (χ4n) is 3.53. The van der Waals surface area contributed by atoms with Crippen LogP contribution in [0.4, 0.5) is 0 Å². The van der Waals surface area contributed by atoms with Gasteiger partial charge in [0.2, 0.25) is 0 Å². The van der Waals surface area contributed by atoms with Gasteiger partial charge in [-0.1, -0.05) is 59.0 Å². The summed E-state index contributed by atoms with van der Waals surface area (Å²) >= 11 is 0. The summed E-state index contributed by atoms with van der Waals surface area (Å²) in [6, 6.07) is 0. The molecule has 1 heteroatoms. The monoisotopic (exact) mass is 264 g/mol. The van der Waals surface area contributed by atoms with E-state index < -0.39 is 0 Å². The van der Waals surface area contributed by atoms with Crippen molar-refractivity contribution in [2.45, 2.75) is 85.5 Å². The quantitative estimate of drug-likeness (QED) is 0.550. The van der Waals surface area contributed by atoms with E-state index in [1.54, 1.807) is 0 Å². The van der Waals surface area contributed by atoms with Crippen LogP contribution in [0.5, 0.6) is 0 Å². The van der Waals surface area contributed by atoms with Crippen LogP contribution in [0.25, 0.3) is 0 Å². The highest BCUT2D eigenvalue weighted by atomic mass is 16.1. The fourth-order valence-corrected chi connectivity index (χ4v) is 3.53. The van der Waals surface area contributed by atoms with Crippen molar-refractivity contribution in [3.63, 3.8) is 0 Å². The molecule has 0 aromatic heterocycles. The third-order valence-electron chi connectivity index (χ3n) is 4.69. The van der Waals surface area contributed by atoms with Crippen molar-refractivity contribution in [2.24, 2.45) is 11.3 Å². The van der Waals surface area contributed by atoms with Crippen LogP contribution < -0.4 is 0 Å². The first kappa shape index (κ1) is 16.5. The van der Waals surface area contributed by atoms with E-state index in [2.05, 4.69) is 27.7 Å². The zero-order valence-corrected chi connectivity index (χ0v) is 13.4. The molecule has 0 spiro atoms. The van der Waals surface area contributed by atoms with E-state index in [1.165, 1.54) is 37.7 Å². The second-order valence-electron chi connectivity index (χ2n) is 6.58. The normalized spacial score (nSPS) is 27.5. The van der Waals surface area contributed by atoms with Gasteiger partial charge in [0, 0.05) is 5.92 Å². The highest BCUT2D eigenvalue weighted by molar-refractivity contribution is 5.94. The molecule has 0 fully saturated rings. The average Bonchev–Trinajstić information content (AvgIpc) is 2.38. The molecule has 0 aliphatic heterocycles. The molecule has 0 aromatic carbocycles. The van der Waals surface area contributed by atoms with Gasteiger partial charge in [-0.15, -0.1) is 0 Å². The van der Waals surface area contributed by atoms with Crippen LogP contribution in [0, 0.1) is 11.3 Å². The Hall–Kier alpha value is -0.590. The van der Waals surface area contributed by atoms with Crippen molar-refractivity contribution >= 4 is 5.78 Å². The van der Waals surface area contributed by atoms with E-state index in [4.69, 9.17) is 0 Å². The van der Waals surface area contributed by atoms with Crippen molar-refractivity contribution in [1.82, 2.24) is 0 Å². The fraction of sp³-hybridized carbons (Fsp3) is 0.833. The van der Waals surface area contributed by atoms with Gasteiger partial charge in [-0.3, -0.25) is 4.79 Å². The Morgan fingerprint density at radius 1 is 1.16 bits per heavy atom. The van der Waals surface area contributed by atoms with Gasteiger partial charge in [0.15, 0.2) is 5.78 Å². The molecule has 110 valence electrons. The molecule has 0 aromatic rings. The number of rotatable bonds is 8. The summed E-state index contributed by atoms with van der Waals surface area (Å²) in [6.07, 6.45) is 12.6. The zero-order valence-electron chi connectivity index (χ0n) is 13.4. The topological polar surface area (TPSA) is 17.1 Å². The molecule has 1 aliphatic rings. The molecule has 1 aliphatic carbocycles. The summed E-state index contributed by atoms with van der Waals surface area (Å²) in [6.45, 7) is 9.03. The Morgan fingerprint density at radius 3 is 2.42 bits per heavy atom. The SMILES string of the molecule is CCCCC1=CC(=O)C(CCC)C(C)(CCCC)C1. The van der Waals surface area contributed by atoms with Gasteiger partial charge in [-0.05, 0) is 43.6 Å². The number of ketones is 1. The number of carbonyl (C=O) groups excluding carboxylic acids is 1. The van der Waals surface area contributed by atoms with Gasteiger partial charge in [0.05, 0.1) is 0 Å². The number of unbranched alkanes of at least 4 members (excludes halogenated alkanes) is 2. The second-order valence-corrected chi connectivity index (χ2v) is 6.58. The predicted molar refractivity (Wildman–Crippen MR) is 83.3 cm³/mol. The average molecular weight is 264 g/mol. The first-order valence-corrected chi connectivity index (χ1v) is 8.30. The Balaban J connectivity index is 2.84. The maximum absolute atomic E-state index is 12.5. The van der Waals surface area contributed by atoms with Crippen LogP contribution in [0.3, 0.4) is 0 Å². The molecular weight excluding hydrogens is 232 g/mol. The highest BCUT2D eigenvalue weighted by Crippen LogP contribution is 2.46. The van der Waals surface area contributed by atoms with Crippen LogP contribution in [-0.4, -0.2) is 5.78 Å². The van der Waals surface area contributed by atoms with E-state index in [-0.39, 0.29) is 11.3 Å². The van der Waals surface area contributed by atoms with Crippen molar-refractivity contribution in [3.05, 3.63) is 11.6 Å². The smallest absolute Gasteiger partial charge is 0.159 e. The lowest BCUT2D eigenvalue weighted by Crippen LogP contribution is -2.36. The van der Waals surface area contributed by atoms with Crippen LogP contribution in [0.1, 0.15) is 85.5 Å². The molecule has 0 saturated carbocycles. The van der Waals surface area contributed by atoms with Gasteiger partial charge in [0.1, 0.15) is 0 Å². The first-order chi connectivity index (χ1) is 9.07. The standard InChI is InChI=1S/C18H32O/c1-5-8-11-15-13-17(19)16(10-7-3)18(4,14-15)12-9-6-2/h13,16H,5-12,14H2,1-4H3. The second kappa shape index (κ2) is 7.87. The lowest BCUT2D eigenvalue weighted by atomic mass is 9.63. The van der Waals surface area contributed by atoms with Crippen molar-refractivity contribution in [2.75, 3.05) is 0 Å². The van der Waals surface area contributed by atoms with E-state index in [0.717, 1.165) is 25.7 Å². The maximum atomic E-state index is 12.5. The number of hydrogen-bond donors (Lipinski definition) is 0. The molecule has 19 heavy (non-hydrogen) atoms. The van der Waals surface area contributed by atoms with Crippen LogP contribution in [0.15, 0.2) is 11.6 Å². The summed E-state index contributed by atoms with van der Waals surface area (Å²) in [5, 5.41) is 0. The molecule has 2 unspecified atom stereocenters. The molecule has 2 atom stereocenters. The Labute approximate surface area is 119 Å². The van der Waals surface area contributed by atoms with Crippen LogP contribution in [0.2, 0.25) is 0 Å². The summed E-state index contributed by atoms with van der Waals surface area (Å²) in [5.41, 5.74) is 1.64. The molecule has 0 saturated heterocycles. The summed E-state index contributed by atoms with van der Waals surface area (Å²) < 4.78 is 0. The molecule has 0 heterocycles. The van der Waals surface area contributed by atoms with E-state index in [0.29, 0.717) is 5.78 Å². The van der Waals surface area contributed by atoms with Gasteiger partial charge < -0.3 is 0 Å². The Morgan fingerprint density at radius 2 is 1.84 bits per heavy atom. The maximum Gasteiger partial charge on any atom is 0.159 e. The van der Waals surface area contributed by atoms with Crippen LogP contribution >= 0.6 is 0 Å². The summed E-state index contributed by atoms with van der Waals surface area (Å²) in [7, 11) is 0. The van der Waals surface area contributed by atoms with E-state index >= 15 is 0 Å². The molecule has 0 bridgehead atoms. The molecule has 0 amide bonds. The largest absolute Gasteiger partial charge is 0.295 e. The first-order valence-electron chi connectivity index (χ1n) is 8.30. The number of hydrogen-bond acceptors (Lipinski definition) is 1.